The molecule has 1 unspecified atom stereocenters. The van der Waals surface area contributed by atoms with E-state index in [1.165, 1.54) is 12.1 Å². The van der Waals surface area contributed by atoms with Crippen molar-refractivity contribution < 1.29 is 4.39 Å². The second kappa shape index (κ2) is 4.68. The molecule has 0 spiro atoms. The highest BCUT2D eigenvalue weighted by molar-refractivity contribution is 6.22. The van der Waals surface area contributed by atoms with Gasteiger partial charge in [-0.05, 0) is 24.3 Å². The van der Waals surface area contributed by atoms with E-state index >= 15 is 0 Å². The molecule has 0 heterocycles. The highest BCUT2D eigenvalue weighted by atomic mass is 35.5. The lowest BCUT2D eigenvalue weighted by Gasteiger charge is -2.05. The third kappa shape index (κ3) is 3.30. The number of benzene rings is 1. The molecule has 0 saturated heterocycles. The predicted molar refractivity (Wildman–Crippen MR) is 50.1 cm³/mol. The van der Waals surface area contributed by atoms with Crippen LogP contribution in [0, 0.1) is 17.1 Å². The summed E-state index contributed by atoms with van der Waals surface area (Å²) in [6.45, 7) is 0.351. The molecule has 1 N–H and O–H groups in total. The van der Waals surface area contributed by atoms with Crippen LogP contribution in [-0.2, 0) is 0 Å². The normalized spacial score (nSPS) is 11.8. The van der Waals surface area contributed by atoms with Crippen LogP contribution < -0.4 is 5.32 Å². The van der Waals surface area contributed by atoms with E-state index in [9.17, 15) is 4.39 Å². The standard InChI is InChI=1S/C9H8ClFN2/c10-7(5-12)6-13-9-3-1-8(11)2-4-9/h1-4,7,13H,6H2. The first-order valence-electron chi connectivity index (χ1n) is 3.75. The number of rotatable bonds is 3. The van der Waals surface area contributed by atoms with Gasteiger partial charge in [0, 0.05) is 12.2 Å². The second-order valence-electron chi connectivity index (χ2n) is 2.48. The zero-order valence-electron chi connectivity index (χ0n) is 6.80. The molecule has 4 heteroatoms. The van der Waals surface area contributed by atoms with E-state index in [-0.39, 0.29) is 5.82 Å². The van der Waals surface area contributed by atoms with Crippen molar-refractivity contribution in [3.8, 4) is 6.07 Å². The van der Waals surface area contributed by atoms with Crippen LogP contribution in [0.25, 0.3) is 0 Å². The molecule has 0 aromatic heterocycles. The number of hydrogen-bond acceptors (Lipinski definition) is 2. The van der Waals surface area contributed by atoms with Crippen LogP contribution in [0.3, 0.4) is 0 Å². The summed E-state index contributed by atoms with van der Waals surface area (Å²) in [5.41, 5.74) is 0.752. The first-order chi connectivity index (χ1) is 6.22. The van der Waals surface area contributed by atoms with Crippen molar-refractivity contribution in [1.82, 2.24) is 0 Å². The fourth-order valence-corrected chi connectivity index (χ4v) is 0.898. The van der Waals surface area contributed by atoms with E-state index in [1.807, 2.05) is 6.07 Å². The zero-order chi connectivity index (χ0) is 9.68. The molecule has 2 nitrogen and oxygen atoms in total. The molecule has 0 amide bonds. The lowest BCUT2D eigenvalue weighted by Crippen LogP contribution is -2.11. The van der Waals surface area contributed by atoms with Crippen LogP contribution in [0.5, 0.6) is 0 Å². The van der Waals surface area contributed by atoms with Gasteiger partial charge in [0.05, 0.1) is 6.07 Å². The van der Waals surface area contributed by atoms with Gasteiger partial charge in [0.15, 0.2) is 0 Å². The van der Waals surface area contributed by atoms with Gasteiger partial charge in [0.25, 0.3) is 0 Å². The predicted octanol–water partition coefficient (Wildman–Crippen LogP) is 2.37. The van der Waals surface area contributed by atoms with Crippen molar-refractivity contribution in [1.29, 1.82) is 5.26 Å². The maximum absolute atomic E-state index is 12.4. The molecule has 13 heavy (non-hydrogen) atoms. The SMILES string of the molecule is N#CC(Cl)CNc1ccc(F)cc1. The van der Waals surface area contributed by atoms with Crippen LogP contribution in [-0.4, -0.2) is 11.9 Å². The van der Waals surface area contributed by atoms with Gasteiger partial charge >= 0.3 is 0 Å². The van der Waals surface area contributed by atoms with Gasteiger partial charge < -0.3 is 5.32 Å². The molecule has 1 rings (SSSR count). The Hall–Kier alpha value is -1.27. The highest BCUT2D eigenvalue weighted by Gasteiger charge is 2.00. The molecule has 0 radical (unpaired) electrons. The number of nitrogens with one attached hydrogen (secondary N) is 1. The number of nitrogens with zero attached hydrogens (tertiary/aromatic N) is 1. The van der Waals surface area contributed by atoms with Crippen molar-refractivity contribution in [2.45, 2.75) is 5.38 Å². The molecular weight excluding hydrogens is 191 g/mol. The monoisotopic (exact) mass is 198 g/mol. The average Bonchev–Trinajstić information content (AvgIpc) is 2.16. The van der Waals surface area contributed by atoms with Gasteiger partial charge in [-0.2, -0.15) is 5.26 Å². The summed E-state index contributed by atoms with van der Waals surface area (Å²) in [7, 11) is 0. The van der Waals surface area contributed by atoms with Gasteiger partial charge in [-0.25, -0.2) is 4.39 Å². The van der Waals surface area contributed by atoms with E-state index in [0.29, 0.717) is 6.54 Å². The van der Waals surface area contributed by atoms with Crippen molar-refractivity contribution in [2.24, 2.45) is 0 Å². The molecule has 0 saturated carbocycles. The number of nitriles is 1. The van der Waals surface area contributed by atoms with Crippen molar-refractivity contribution in [2.75, 3.05) is 11.9 Å². The number of alkyl halides is 1. The van der Waals surface area contributed by atoms with E-state index in [1.54, 1.807) is 12.1 Å². The Balaban J connectivity index is 2.47. The van der Waals surface area contributed by atoms with Crippen LogP contribution >= 0.6 is 11.6 Å². The summed E-state index contributed by atoms with van der Waals surface area (Å²) in [5.74, 6) is -0.284. The largest absolute Gasteiger partial charge is 0.382 e. The van der Waals surface area contributed by atoms with Crippen molar-refractivity contribution in [3.63, 3.8) is 0 Å². The number of anilines is 1. The molecule has 0 fully saturated rings. The van der Waals surface area contributed by atoms with E-state index in [4.69, 9.17) is 16.9 Å². The Morgan fingerprint density at radius 1 is 1.46 bits per heavy atom. The fraction of sp³-hybridized carbons (Fsp3) is 0.222. The quantitative estimate of drug-likeness (QED) is 0.757. The lowest BCUT2D eigenvalue weighted by molar-refractivity contribution is 0.628. The minimum atomic E-state index is -0.565. The second-order valence-corrected chi connectivity index (χ2v) is 3.01. The fourth-order valence-electron chi connectivity index (χ4n) is 0.821. The maximum Gasteiger partial charge on any atom is 0.137 e. The van der Waals surface area contributed by atoms with E-state index in [2.05, 4.69) is 5.32 Å². The highest BCUT2D eigenvalue weighted by Crippen LogP contribution is 2.08. The summed E-state index contributed by atoms with van der Waals surface area (Å²) in [4.78, 5) is 0. The van der Waals surface area contributed by atoms with Crippen LogP contribution in [0.2, 0.25) is 0 Å². The van der Waals surface area contributed by atoms with Gasteiger partial charge in [0.1, 0.15) is 11.2 Å². The molecule has 0 aliphatic heterocycles. The number of hydrogen-bond donors (Lipinski definition) is 1. The van der Waals surface area contributed by atoms with Gasteiger partial charge in [-0.1, -0.05) is 0 Å². The molecule has 1 atom stereocenters. The van der Waals surface area contributed by atoms with Gasteiger partial charge in [-0.15, -0.1) is 11.6 Å². The summed E-state index contributed by atoms with van der Waals surface area (Å²) in [5, 5.41) is 10.7. The van der Waals surface area contributed by atoms with Gasteiger partial charge in [-0.3, -0.25) is 0 Å². The molecule has 1 aromatic rings. The Labute approximate surface area is 80.9 Å². The van der Waals surface area contributed by atoms with Crippen LogP contribution in [0.1, 0.15) is 0 Å². The summed E-state index contributed by atoms with van der Waals surface area (Å²) in [6, 6.07) is 7.75. The molecular formula is C9H8ClFN2. The molecule has 0 aliphatic carbocycles. The Kier molecular flexibility index (Phi) is 3.53. The van der Waals surface area contributed by atoms with Gasteiger partial charge in [0.2, 0.25) is 0 Å². The lowest BCUT2D eigenvalue weighted by atomic mass is 10.3. The molecule has 0 aliphatic rings. The van der Waals surface area contributed by atoms with Crippen LogP contribution in [0.15, 0.2) is 24.3 Å². The van der Waals surface area contributed by atoms with Crippen LogP contribution in [0.4, 0.5) is 10.1 Å². The summed E-state index contributed by atoms with van der Waals surface area (Å²) < 4.78 is 12.4. The van der Waals surface area contributed by atoms with Crippen molar-refractivity contribution in [3.05, 3.63) is 30.1 Å². The smallest absolute Gasteiger partial charge is 0.137 e. The first-order valence-corrected chi connectivity index (χ1v) is 4.19. The third-order valence-corrected chi connectivity index (χ3v) is 1.72. The Morgan fingerprint density at radius 3 is 2.62 bits per heavy atom. The third-order valence-electron chi connectivity index (χ3n) is 1.47. The first kappa shape index (κ1) is 9.82. The van der Waals surface area contributed by atoms with Crippen molar-refractivity contribution >= 4 is 17.3 Å². The minimum Gasteiger partial charge on any atom is -0.382 e. The molecule has 68 valence electrons. The molecule has 1 aromatic carbocycles. The maximum atomic E-state index is 12.4. The van der Waals surface area contributed by atoms with E-state index in [0.717, 1.165) is 5.69 Å². The minimum absolute atomic E-state index is 0.284. The Morgan fingerprint density at radius 2 is 2.08 bits per heavy atom. The average molecular weight is 199 g/mol. The molecule has 0 bridgehead atoms. The summed E-state index contributed by atoms with van der Waals surface area (Å²) in [6.07, 6.45) is 0. The summed E-state index contributed by atoms with van der Waals surface area (Å²) >= 11 is 5.55. The topological polar surface area (TPSA) is 35.8 Å². The Bertz CT molecular complexity index is 304. The number of halogens is 2. The van der Waals surface area contributed by atoms with E-state index < -0.39 is 5.38 Å². The zero-order valence-corrected chi connectivity index (χ0v) is 7.55.